The van der Waals surface area contributed by atoms with Gasteiger partial charge in [-0.3, -0.25) is 4.79 Å². The van der Waals surface area contributed by atoms with Crippen LogP contribution in [0.5, 0.6) is 0 Å². The summed E-state index contributed by atoms with van der Waals surface area (Å²) in [6.45, 7) is 2.65. The molecule has 0 fully saturated rings. The predicted octanol–water partition coefficient (Wildman–Crippen LogP) is 1.85. The molecule has 106 valence electrons. The van der Waals surface area contributed by atoms with Gasteiger partial charge in [-0.15, -0.1) is 0 Å². The van der Waals surface area contributed by atoms with E-state index in [1.54, 1.807) is 4.90 Å². The number of hydrogen-bond donors (Lipinski definition) is 2. The van der Waals surface area contributed by atoms with E-state index in [1.165, 1.54) is 11.3 Å². The number of amides is 1. The van der Waals surface area contributed by atoms with E-state index < -0.39 is 0 Å². The molecule has 0 atom stereocenters. The molecule has 0 aliphatic rings. The predicted molar refractivity (Wildman–Crippen MR) is 80.6 cm³/mol. The molecule has 0 aliphatic heterocycles. The maximum absolute atomic E-state index is 12.5. The molecule has 1 aromatic heterocycles. The Balaban J connectivity index is 2.40. The Morgan fingerprint density at radius 3 is 2.70 bits per heavy atom. The lowest BCUT2D eigenvalue weighted by molar-refractivity contribution is 0.0737. The third-order valence-corrected chi connectivity index (χ3v) is 3.80. The molecule has 0 saturated carbocycles. The number of carbonyl (C=O) groups excluding carboxylic acids is 1. The van der Waals surface area contributed by atoms with Crippen LogP contribution in [-0.2, 0) is 0 Å². The summed E-state index contributed by atoms with van der Waals surface area (Å²) in [4.78, 5) is 18.9. The molecule has 6 heteroatoms. The smallest absolute Gasteiger partial charge is 0.266 e. The Bertz CT molecular complexity index is 583. The molecule has 2 aromatic rings. The molecule has 1 amide bonds. The largest absolute Gasteiger partial charge is 0.395 e. The van der Waals surface area contributed by atoms with Gasteiger partial charge in [0, 0.05) is 18.7 Å². The highest BCUT2D eigenvalue weighted by molar-refractivity contribution is 7.17. The van der Waals surface area contributed by atoms with Gasteiger partial charge in [-0.05, 0) is 6.92 Å². The van der Waals surface area contributed by atoms with Crippen molar-refractivity contribution in [3.63, 3.8) is 0 Å². The lowest BCUT2D eigenvalue weighted by Gasteiger charge is -2.19. The number of aliphatic hydroxyl groups excluding tert-OH is 1. The first kappa shape index (κ1) is 14.5. The highest BCUT2D eigenvalue weighted by atomic mass is 32.1. The first-order valence-electron chi connectivity index (χ1n) is 6.39. The molecule has 0 aliphatic carbocycles. The molecule has 3 N–H and O–H groups in total. The zero-order valence-electron chi connectivity index (χ0n) is 11.2. The summed E-state index contributed by atoms with van der Waals surface area (Å²) in [5.74, 6) is -0.144. The number of likely N-dealkylation sites (N-methyl/N-ethyl adjacent to an activating group) is 1. The molecule has 1 heterocycles. The molecule has 0 radical (unpaired) electrons. The third kappa shape index (κ3) is 2.97. The molecule has 0 bridgehead atoms. The van der Waals surface area contributed by atoms with Gasteiger partial charge in [0.25, 0.3) is 5.91 Å². The van der Waals surface area contributed by atoms with Crippen LogP contribution in [0.15, 0.2) is 30.3 Å². The van der Waals surface area contributed by atoms with Crippen molar-refractivity contribution in [1.82, 2.24) is 9.88 Å². The highest BCUT2D eigenvalue weighted by Gasteiger charge is 2.22. The summed E-state index contributed by atoms with van der Waals surface area (Å²) in [6, 6.07) is 9.49. The summed E-state index contributed by atoms with van der Waals surface area (Å²) >= 11 is 1.18. The molecular weight excluding hydrogens is 274 g/mol. The molecule has 20 heavy (non-hydrogen) atoms. The summed E-state index contributed by atoms with van der Waals surface area (Å²) in [6.07, 6.45) is 0. The number of aromatic nitrogens is 1. The van der Waals surface area contributed by atoms with Crippen LogP contribution in [0.4, 0.5) is 5.13 Å². The van der Waals surface area contributed by atoms with Gasteiger partial charge in [-0.2, -0.15) is 0 Å². The van der Waals surface area contributed by atoms with E-state index in [-0.39, 0.29) is 12.5 Å². The SMILES string of the molecule is CCN(CCO)C(=O)c1sc(N)nc1-c1ccccc1. The topological polar surface area (TPSA) is 79.5 Å². The van der Waals surface area contributed by atoms with Crippen LogP contribution in [0.1, 0.15) is 16.6 Å². The number of carbonyl (C=O) groups is 1. The number of hydrogen-bond acceptors (Lipinski definition) is 5. The van der Waals surface area contributed by atoms with Crippen molar-refractivity contribution in [1.29, 1.82) is 0 Å². The average Bonchev–Trinajstić information content (AvgIpc) is 2.87. The monoisotopic (exact) mass is 291 g/mol. The Morgan fingerprint density at radius 1 is 1.40 bits per heavy atom. The minimum absolute atomic E-state index is 0.0610. The second-order valence-electron chi connectivity index (χ2n) is 4.20. The average molecular weight is 291 g/mol. The van der Waals surface area contributed by atoms with Gasteiger partial charge in [0.2, 0.25) is 0 Å². The van der Waals surface area contributed by atoms with Crippen LogP contribution in [0, 0.1) is 0 Å². The standard InChI is InChI=1S/C14H17N3O2S/c1-2-17(8-9-18)13(19)12-11(16-14(15)20-12)10-6-4-3-5-7-10/h3-7,18H,2,8-9H2,1H3,(H2,15,16). The van der Waals surface area contributed by atoms with Crippen LogP contribution in [0.2, 0.25) is 0 Å². The van der Waals surface area contributed by atoms with Crippen LogP contribution >= 0.6 is 11.3 Å². The number of nitrogen functional groups attached to an aromatic ring is 1. The molecular formula is C14H17N3O2S. The van der Waals surface area contributed by atoms with Gasteiger partial charge in [0.15, 0.2) is 5.13 Å². The number of rotatable bonds is 5. The Morgan fingerprint density at radius 2 is 2.10 bits per heavy atom. The molecule has 2 rings (SSSR count). The lowest BCUT2D eigenvalue weighted by atomic mass is 10.1. The van der Waals surface area contributed by atoms with E-state index in [0.29, 0.717) is 28.8 Å². The fraction of sp³-hybridized carbons (Fsp3) is 0.286. The summed E-state index contributed by atoms with van der Waals surface area (Å²) < 4.78 is 0. The van der Waals surface area contributed by atoms with E-state index in [1.807, 2.05) is 37.3 Å². The van der Waals surface area contributed by atoms with Gasteiger partial charge >= 0.3 is 0 Å². The number of benzene rings is 1. The van der Waals surface area contributed by atoms with Gasteiger partial charge in [-0.1, -0.05) is 41.7 Å². The van der Waals surface area contributed by atoms with E-state index in [0.717, 1.165) is 5.56 Å². The minimum atomic E-state index is -0.144. The van der Waals surface area contributed by atoms with E-state index >= 15 is 0 Å². The number of thiazole rings is 1. The summed E-state index contributed by atoms with van der Waals surface area (Å²) in [7, 11) is 0. The van der Waals surface area contributed by atoms with Crippen molar-refractivity contribution in [2.24, 2.45) is 0 Å². The molecule has 0 unspecified atom stereocenters. The lowest BCUT2D eigenvalue weighted by Crippen LogP contribution is -2.33. The number of nitrogens with zero attached hydrogens (tertiary/aromatic N) is 2. The molecule has 5 nitrogen and oxygen atoms in total. The number of nitrogens with two attached hydrogens (primary N) is 1. The van der Waals surface area contributed by atoms with Crippen molar-refractivity contribution in [2.45, 2.75) is 6.92 Å². The maximum Gasteiger partial charge on any atom is 0.266 e. The second-order valence-corrected chi connectivity index (χ2v) is 5.23. The van der Waals surface area contributed by atoms with Crippen LogP contribution < -0.4 is 5.73 Å². The van der Waals surface area contributed by atoms with Gasteiger partial charge in [0.1, 0.15) is 4.88 Å². The molecule has 0 spiro atoms. The van der Waals surface area contributed by atoms with Crippen molar-refractivity contribution in [3.05, 3.63) is 35.2 Å². The maximum atomic E-state index is 12.5. The first-order valence-corrected chi connectivity index (χ1v) is 7.20. The Labute approximate surface area is 121 Å². The van der Waals surface area contributed by atoms with Crippen LogP contribution in [0.25, 0.3) is 11.3 Å². The fourth-order valence-corrected chi connectivity index (χ4v) is 2.76. The second kappa shape index (κ2) is 6.49. The molecule has 1 aromatic carbocycles. The van der Waals surface area contributed by atoms with Gasteiger partial charge in [0.05, 0.1) is 12.3 Å². The van der Waals surface area contributed by atoms with E-state index in [9.17, 15) is 4.79 Å². The number of aliphatic hydroxyl groups is 1. The zero-order valence-corrected chi connectivity index (χ0v) is 12.1. The quantitative estimate of drug-likeness (QED) is 0.881. The van der Waals surface area contributed by atoms with Crippen molar-refractivity contribution < 1.29 is 9.90 Å². The Kier molecular flexibility index (Phi) is 4.70. The van der Waals surface area contributed by atoms with Crippen molar-refractivity contribution >= 4 is 22.4 Å². The normalized spacial score (nSPS) is 10.5. The zero-order chi connectivity index (χ0) is 14.5. The minimum Gasteiger partial charge on any atom is -0.395 e. The van der Waals surface area contributed by atoms with Crippen molar-refractivity contribution in [3.8, 4) is 11.3 Å². The summed E-state index contributed by atoms with van der Waals surface area (Å²) in [5.41, 5.74) is 7.23. The van der Waals surface area contributed by atoms with E-state index in [4.69, 9.17) is 10.8 Å². The van der Waals surface area contributed by atoms with Gasteiger partial charge in [-0.25, -0.2) is 4.98 Å². The van der Waals surface area contributed by atoms with Crippen molar-refractivity contribution in [2.75, 3.05) is 25.4 Å². The first-order chi connectivity index (χ1) is 9.67. The number of anilines is 1. The third-order valence-electron chi connectivity index (χ3n) is 2.92. The van der Waals surface area contributed by atoms with Crippen LogP contribution in [-0.4, -0.2) is 40.6 Å². The van der Waals surface area contributed by atoms with Crippen LogP contribution in [0.3, 0.4) is 0 Å². The van der Waals surface area contributed by atoms with Gasteiger partial charge < -0.3 is 15.7 Å². The molecule has 0 saturated heterocycles. The Hall–Kier alpha value is -1.92. The fourth-order valence-electron chi connectivity index (χ4n) is 1.94. The van der Waals surface area contributed by atoms with E-state index in [2.05, 4.69) is 4.98 Å². The summed E-state index contributed by atoms with van der Waals surface area (Å²) in [5, 5.41) is 9.39. The highest BCUT2D eigenvalue weighted by Crippen LogP contribution is 2.30.